The Morgan fingerprint density at radius 2 is 2.04 bits per heavy atom. The van der Waals surface area contributed by atoms with Gasteiger partial charge in [-0.3, -0.25) is 10.1 Å². The highest BCUT2D eigenvalue weighted by molar-refractivity contribution is 7.32. The van der Waals surface area contributed by atoms with E-state index in [0.717, 1.165) is 23.5 Å². The number of halogens is 4. The van der Waals surface area contributed by atoms with Gasteiger partial charge in [-0.1, -0.05) is 22.9 Å². The molecule has 2 N–H and O–H groups in total. The first-order chi connectivity index (χ1) is 13.0. The number of nitrogens with zero attached hydrogens (tertiary/aromatic N) is 1. The molecule has 0 saturated heterocycles. The monoisotopic (exact) mass is 449 g/mol. The molecule has 3 rings (SSSR count). The van der Waals surface area contributed by atoms with Gasteiger partial charge in [-0.25, -0.2) is 9.51 Å². The third kappa shape index (κ3) is 4.41. The zero-order valence-electron chi connectivity index (χ0n) is 13.9. The van der Waals surface area contributed by atoms with Gasteiger partial charge in [0.1, 0.15) is 0 Å². The Hall–Kier alpha value is -2.26. The van der Waals surface area contributed by atoms with E-state index in [4.69, 9.17) is 21.0 Å². The summed E-state index contributed by atoms with van der Waals surface area (Å²) in [4.78, 5) is 25.7. The van der Waals surface area contributed by atoms with Crippen LogP contribution in [0.2, 0.25) is 5.02 Å². The zero-order valence-corrected chi connectivity index (χ0v) is 16.3. The van der Waals surface area contributed by atoms with Gasteiger partial charge < -0.3 is 0 Å². The summed E-state index contributed by atoms with van der Waals surface area (Å²) in [7, 11) is -3.03. The van der Waals surface area contributed by atoms with Crippen LogP contribution in [-0.4, -0.2) is 15.8 Å². The highest BCUT2D eigenvalue weighted by Crippen LogP contribution is 2.36. The quantitative estimate of drug-likeness (QED) is 0.509. The molecule has 0 bridgehead atoms. The first kappa shape index (κ1) is 20.5. The van der Waals surface area contributed by atoms with Crippen molar-refractivity contribution >= 4 is 52.4 Å². The largest absolute Gasteiger partial charge is 0.747 e. The lowest BCUT2D eigenvalue weighted by atomic mass is 10.1. The molecule has 0 spiro atoms. The van der Waals surface area contributed by atoms with Gasteiger partial charge in [0.2, 0.25) is 5.75 Å². The molecule has 28 heavy (non-hydrogen) atoms. The van der Waals surface area contributed by atoms with Crippen molar-refractivity contribution in [1.82, 2.24) is 4.98 Å². The number of carbonyl (C=O) groups is 1. The molecule has 12 heteroatoms. The minimum atomic E-state index is -4.49. The predicted molar refractivity (Wildman–Crippen MR) is 99.2 cm³/mol. The maximum absolute atomic E-state index is 12.8. The number of aromatic nitrogens is 1. The number of benzene rings is 2. The SMILES string of the molecule is Cc1cc(Cl)cc(C(=O)Nc2nc3ccc(C(F)(F)F)cc3s2)c1O[P+](=O)O. The summed E-state index contributed by atoms with van der Waals surface area (Å²) in [6.07, 6.45) is -4.49. The molecule has 1 aromatic heterocycles. The van der Waals surface area contributed by atoms with Crippen LogP contribution in [0.3, 0.4) is 0 Å². The lowest BCUT2D eigenvalue weighted by Gasteiger charge is -2.07. The summed E-state index contributed by atoms with van der Waals surface area (Å²) < 4.78 is 54.5. The van der Waals surface area contributed by atoms with Crippen molar-refractivity contribution in [1.29, 1.82) is 0 Å². The van der Waals surface area contributed by atoms with Gasteiger partial charge in [-0.05, 0) is 42.8 Å². The number of aryl methyl sites for hydroxylation is 1. The summed E-state index contributed by atoms with van der Waals surface area (Å²) in [6, 6.07) is 5.74. The van der Waals surface area contributed by atoms with Gasteiger partial charge >= 0.3 is 14.4 Å². The Kier molecular flexibility index (Phi) is 5.58. The van der Waals surface area contributed by atoms with Crippen molar-refractivity contribution in [2.24, 2.45) is 0 Å². The van der Waals surface area contributed by atoms with Gasteiger partial charge in [0, 0.05) is 9.59 Å². The van der Waals surface area contributed by atoms with Crippen LogP contribution in [0.25, 0.3) is 10.2 Å². The Morgan fingerprint density at radius 3 is 2.68 bits per heavy atom. The summed E-state index contributed by atoms with van der Waals surface area (Å²) in [6.45, 7) is 1.53. The topological polar surface area (TPSA) is 88.5 Å². The van der Waals surface area contributed by atoms with Gasteiger partial charge in [-0.15, -0.1) is 4.89 Å². The zero-order chi connectivity index (χ0) is 20.6. The van der Waals surface area contributed by atoms with E-state index in [0.29, 0.717) is 5.56 Å². The minimum Gasteiger partial charge on any atom is -0.298 e. The Labute approximate surface area is 165 Å². The maximum atomic E-state index is 12.8. The van der Waals surface area contributed by atoms with Gasteiger partial charge in [0.15, 0.2) is 5.13 Å². The molecule has 0 fully saturated rings. The van der Waals surface area contributed by atoms with Crippen LogP contribution >= 0.6 is 31.2 Å². The number of amides is 1. The van der Waals surface area contributed by atoms with E-state index < -0.39 is 25.9 Å². The van der Waals surface area contributed by atoms with E-state index in [2.05, 4.69) is 10.3 Å². The molecule has 3 aromatic rings. The lowest BCUT2D eigenvalue weighted by Crippen LogP contribution is -2.13. The summed E-state index contributed by atoms with van der Waals surface area (Å²) in [5.41, 5.74) is -0.299. The molecule has 1 amide bonds. The second-order valence-corrected chi connectivity index (χ2v) is 7.71. The van der Waals surface area contributed by atoms with Crippen molar-refractivity contribution in [3.63, 3.8) is 0 Å². The molecule has 0 aliphatic carbocycles. The average Bonchev–Trinajstić information content (AvgIpc) is 2.97. The van der Waals surface area contributed by atoms with Gasteiger partial charge in [0.25, 0.3) is 5.91 Å². The summed E-state index contributed by atoms with van der Waals surface area (Å²) >= 11 is 6.79. The maximum Gasteiger partial charge on any atom is 0.747 e. The van der Waals surface area contributed by atoms with Crippen molar-refractivity contribution < 1.29 is 31.9 Å². The number of rotatable bonds is 4. The van der Waals surface area contributed by atoms with Crippen LogP contribution in [0, 0.1) is 6.92 Å². The Bertz CT molecular complexity index is 1100. The minimum absolute atomic E-state index is 0.0521. The molecule has 0 aliphatic rings. The molecule has 0 radical (unpaired) electrons. The fourth-order valence-electron chi connectivity index (χ4n) is 2.42. The highest BCUT2D eigenvalue weighted by atomic mass is 35.5. The smallest absolute Gasteiger partial charge is 0.298 e. The average molecular weight is 450 g/mol. The molecule has 0 saturated carbocycles. The van der Waals surface area contributed by atoms with E-state index in [1.54, 1.807) is 0 Å². The van der Waals surface area contributed by atoms with Crippen molar-refractivity contribution in [2.45, 2.75) is 13.1 Å². The molecule has 1 heterocycles. The number of anilines is 1. The van der Waals surface area contributed by atoms with Crippen LogP contribution in [0.5, 0.6) is 5.75 Å². The third-order valence-electron chi connectivity index (χ3n) is 3.59. The normalized spacial score (nSPS) is 12.1. The van der Waals surface area contributed by atoms with E-state index in [1.165, 1.54) is 25.1 Å². The van der Waals surface area contributed by atoms with Crippen LogP contribution in [-0.2, 0) is 10.7 Å². The van der Waals surface area contributed by atoms with Crippen LogP contribution in [0.15, 0.2) is 30.3 Å². The fourth-order valence-corrected chi connectivity index (χ4v) is 3.99. The van der Waals surface area contributed by atoms with Crippen LogP contribution < -0.4 is 9.84 Å². The second-order valence-electron chi connectivity index (χ2n) is 5.58. The number of hydrogen-bond acceptors (Lipinski definition) is 5. The number of fused-ring (bicyclic) bond motifs is 1. The third-order valence-corrected chi connectivity index (χ3v) is 5.08. The molecular formula is C16H10ClF3N2O4PS+. The highest BCUT2D eigenvalue weighted by Gasteiger charge is 2.31. The van der Waals surface area contributed by atoms with E-state index in [1.807, 2.05) is 0 Å². The lowest BCUT2D eigenvalue weighted by molar-refractivity contribution is -0.137. The fraction of sp³-hybridized carbons (Fsp3) is 0.125. The Morgan fingerprint density at radius 1 is 1.32 bits per heavy atom. The molecule has 2 aromatic carbocycles. The predicted octanol–water partition coefficient (Wildman–Crippen LogP) is 5.56. The number of carbonyl (C=O) groups excluding carboxylic acids is 1. The molecule has 1 unspecified atom stereocenters. The first-order valence-corrected chi connectivity index (χ1v) is 9.80. The molecule has 146 valence electrons. The van der Waals surface area contributed by atoms with Gasteiger partial charge in [-0.2, -0.15) is 13.2 Å². The van der Waals surface area contributed by atoms with E-state index in [-0.39, 0.29) is 31.7 Å². The summed E-state index contributed by atoms with van der Waals surface area (Å²) in [5.74, 6) is -0.876. The molecular weight excluding hydrogens is 440 g/mol. The second kappa shape index (κ2) is 7.63. The first-order valence-electron chi connectivity index (χ1n) is 7.48. The standard InChI is InChI=1S/C16H9ClF3N2O4PS/c1-7-4-9(17)6-10(13(7)26-27(24)25)14(23)22-15-21-11-3-2-8(16(18,19)20)5-12(11)28-15/h2-6H,1H3,(H-,21,22,23,24,25)/p+1. The van der Waals surface area contributed by atoms with Crippen molar-refractivity contribution in [3.05, 3.63) is 52.0 Å². The van der Waals surface area contributed by atoms with E-state index >= 15 is 0 Å². The molecule has 0 aliphatic heterocycles. The molecule has 1 atom stereocenters. The van der Waals surface area contributed by atoms with E-state index in [9.17, 15) is 22.5 Å². The summed E-state index contributed by atoms with van der Waals surface area (Å²) in [5, 5.41) is 2.69. The number of hydrogen-bond donors (Lipinski definition) is 2. The van der Waals surface area contributed by atoms with Crippen molar-refractivity contribution in [2.75, 3.05) is 5.32 Å². The van der Waals surface area contributed by atoms with Crippen molar-refractivity contribution in [3.8, 4) is 5.75 Å². The number of thiazole rings is 1. The van der Waals surface area contributed by atoms with Crippen LogP contribution in [0.4, 0.5) is 18.3 Å². The van der Waals surface area contributed by atoms with Crippen LogP contribution in [0.1, 0.15) is 21.5 Å². The molecule has 6 nitrogen and oxygen atoms in total. The Balaban J connectivity index is 1.94. The van der Waals surface area contributed by atoms with Gasteiger partial charge in [0.05, 0.1) is 21.3 Å². The number of nitrogens with one attached hydrogen (secondary N) is 1. The number of alkyl halides is 3.